The Morgan fingerprint density at radius 2 is 1.82 bits per heavy atom. The molecule has 3 rings (SSSR count). The summed E-state index contributed by atoms with van der Waals surface area (Å²) >= 11 is 0. The number of aromatic nitrogens is 1. The van der Waals surface area contributed by atoms with Crippen LogP contribution in [0.25, 0.3) is 10.9 Å². The summed E-state index contributed by atoms with van der Waals surface area (Å²) in [6.07, 6.45) is 5.02. The van der Waals surface area contributed by atoms with Crippen molar-refractivity contribution in [3.8, 4) is 0 Å². The molecule has 1 aliphatic rings. The molecular weight excluding hydrogens is 206 g/mol. The molecule has 1 aromatic carbocycles. The first-order valence-electron chi connectivity index (χ1n) is 6.68. The Labute approximate surface area is 103 Å². The molecule has 0 unspecified atom stereocenters. The van der Waals surface area contributed by atoms with Crippen LogP contribution in [-0.4, -0.2) is 4.98 Å². The van der Waals surface area contributed by atoms with E-state index in [0.29, 0.717) is 5.92 Å². The lowest BCUT2D eigenvalue weighted by atomic mass is 9.85. The Hall–Kier alpha value is -1.37. The van der Waals surface area contributed by atoms with Crippen LogP contribution in [0.5, 0.6) is 0 Å². The van der Waals surface area contributed by atoms with Gasteiger partial charge < -0.3 is 0 Å². The fourth-order valence-electron chi connectivity index (χ4n) is 3.07. The Morgan fingerprint density at radius 3 is 2.65 bits per heavy atom. The third-order valence-electron chi connectivity index (χ3n) is 3.79. The van der Waals surface area contributed by atoms with Gasteiger partial charge in [-0.2, -0.15) is 0 Å². The van der Waals surface area contributed by atoms with E-state index in [4.69, 9.17) is 4.98 Å². The van der Waals surface area contributed by atoms with Gasteiger partial charge in [0.15, 0.2) is 0 Å². The second kappa shape index (κ2) is 4.14. The number of hydrogen-bond acceptors (Lipinski definition) is 1. The van der Waals surface area contributed by atoms with Crippen LogP contribution in [0, 0.1) is 0 Å². The molecule has 1 heterocycles. The Kier molecular flexibility index (Phi) is 2.62. The molecule has 0 aliphatic heterocycles. The SMILES string of the molecule is CC(C)c1c2c(nc3ccccc13)CCCC2. The standard InChI is InChI=1S/C16H19N/c1-11(2)16-12-7-3-5-9-14(12)17-15-10-6-4-8-13(15)16/h3,5,7,9,11H,4,6,8,10H2,1-2H3. The van der Waals surface area contributed by atoms with Crippen LogP contribution in [-0.2, 0) is 12.8 Å². The van der Waals surface area contributed by atoms with Gasteiger partial charge in [0.25, 0.3) is 0 Å². The highest BCUT2D eigenvalue weighted by Crippen LogP contribution is 2.33. The molecule has 0 bridgehead atoms. The van der Waals surface area contributed by atoms with Gasteiger partial charge in [0, 0.05) is 11.1 Å². The smallest absolute Gasteiger partial charge is 0.0708 e. The largest absolute Gasteiger partial charge is 0.253 e. The van der Waals surface area contributed by atoms with E-state index >= 15 is 0 Å². The first-order valence-corrected chi connectivity index (χ1v) is 6.68. The van der Waals surface area contributed by atoms with Gasteiger partial charge in [-0.3, -0.25) is 4.98 Å². The number of fused-ring (bicyclic) bond motifs is 2. The number of rotatable bonds is 1. The highest BCUT2D eigenvalue weighted by molar-refractivity contribution is 5.84. The number of nitrogens with zero attached hydrogens (tertiary/aromatic N) is 1. The van der Waals surface area contributed by atoms with Gasteiger partial charge in [0.2, 0.25) is 0 Å². The van der Waals surface area contributed by atoms with E-state index in [0.717, 1.165) is 0 Å². The van der Waals surface area contributed by atoms with Gasteiger partial charge in [-0.1, -0.05) is 32.0 Å². The summed E-state index contributed by atoms with van der Waals surface area (Å²) in [6, 6.07) is 8.60. The summed E-state index contributed by atoms with van der Waals surface area (Å²) < 4.78 is 0. The summed E-state index contributed by atoms with van der Waals surface area (Å²) in [4.78, 5) is 4.86. The van der Waals surface area contributed by atoms with Crippen molar-refractivity contribution in [3.63, 3.8) is 0 Å². The van der Waals surface area contributed by atoms with Gasteiger partial charge in [-0.25, -0.2) is 0 Å². The van der Waals surface area contributed by atoms with Crippen molar-refractivity contribution in [1.29, 1.82) is 0 Å². The molecule has 1 nitrogen and oxygen atoms in total. The van der Waals surface area contributed by atoms with Gasteiger partial charge in [0.05, 0.1) is 5.52 Å². The van der Waals surface area contributed by atoms with Crippen molar-refractivity contribution in [2.45, 2.75) is 45.4 Å². The first kappa shape index (κ1) is 10.8. The molecule has 2 aromatic rings. The molecule has 1 heteroatoms. The maximum absolute atomic E-state index is 4.86. The Bertz CT molecular complexity index is 555. The van der Waals surface area contributed by atoms with Crippen LogP contribution in [0.2, 0.25) is 0 Å². The minimum Gasteiger partial charge on any atom is -0.253 e. The predicted molar refractivity (Wildman–Crippen MR) is 72.5 cm³/mol. The lowest BCUT2D eigenvalue weighted by Gasteiger charge is -2.22. The quantitative estimate of drug-likeness (QED) is 0.707. The van der Waals surface area contributed by atoms with E-state index in [1.165, 1.54) is 42.3 Å². The average Bonchev–Trinajstić information content (AvgIpc) is 2.35. The van der Waals surface area contributed by atoms with Crippen LogP contribution in [0.3, 0.4) is 0 Å². The van der Waals surface area contributed by atoms with Crippen LogP contribution < -0.4 is 0 Å². The van der Waals surface area contributed by atoms with Crippen LogP contribution in [0.15, 0.2) is 24.3 Å². The monoisotopic (exact) mass is 225 g/mol. The van der Waals surface area contributed by atoms with Crippen molar-refractivity contribution in [2.24, 2.45) is 0 Å². The molecule has 0 saturated carbocycles. The van der Waals surface area contributed by atoms with E-state index in [2.05, 4.69) is 38.1 Å². The number of benzene rings is 1. The topological polar surface area (TPSA) is 12.9 Å². The van der Waals surface area contributed by atoms with Crippen LogP contribution in [0.1, 0.15) is 49.4 Å². The number of pyridine rings is 1. The van der Waals surface area contributed by atoms with E-state index in [-0.39, 0.29) is 0 Å². The predicted octanol–water partition coefficient (Wildman–Crippen LogP) is 4.24. The van der Waals surface area contributed by atoms with E-state index in [9.17, 15) is 0 Å². The molecule has 0 fully saturated rings. The van der Waals surface area contributed by atoms with Gasteiger partial charge in [-0.15, -0.1) is 0 Å². The molecule has 1 aliphatic carbocycles. The minimum atomic E-state index is 0.592. The van der Waals surface area contributed by atoms with Crippen LogP contribution in [0.4, 0.5) is 0 Å². The number of hydrogen-bond donors (Lipinski definition) is 0. The molecule has 88 valence electrons. The lowest BCUT2D eigenvalue weighted by Crippen LogP contribution is -2.10. The van der Waals surface area contributed by atoms with Gasteiger partial charge in [-0.05, 0) is 48.8 Å². The fourth-order valence-corrected chi connectivity index (χ4v) is 3.07. The second-order valence-electron chi connectivity index (χ2n) is 5.33. The molecule has 0 N–H and O–H groups in total. The fraction of sp³-hybridized carbons (Fsp3) is 0.438. The van der Waals surface area contributed by atoms with Crippen LogP contribution >= 0.6 is 0 Å². The van der Waals surface area contributed by atoms with E-state index < -0.39 is 0 Å². The summed E-state index contributed by atoms with van der Waals surface area (Å²) in [5, 5.41) is 1.36. The van der Waals surface area contributed by atoms with Gasteiger partial charge in [0.1, 0.15) is 0 Å². The highest BCUT2D eigenvalue weighted by Gasteiger charge is 2.19. The molecule has 1 aromatic heterocycles. The zero-order valence-corrected chi connectivity index (χ0v) is 10.7. The average molecular weight is 225 g/mol. The summed E-state index contributed by atoms with van der Waals surface area (Å²) in [6.45, 7) is 4.60. The second-order valence-corrected chi connectivity index (χ2v) is 5.33. The summed E-state index contributed by atoms with van der Waals surface area (Å²) in [5.74, 6) is 0.592. The number of para-hydroxylation sites is 1. The van der Waals surface area contributed by atoms with E-state index in [1.807, 2.05) is 0 Å². The molecule has 0 atom stereocenters. The third-order valence-corrected chi connectivity index (χ3v) is 3.79. The van der Waals surface area contributed by atoms with Crippen molar-refractivity contribution in [3.05, 3.63) is 41.1 Å². The highest BCUT2D eigenvalue weighted by atomic mass is 14.7. The van der Waals surface area contributed by atoms with Gasteiger partial charge >= 0.3 is 0 Å². The third kappa shape index (κ3) is 1.74. The van der Waals surface area contributed by atoms with Crippen molar-refractivity contribution in [2.75, 3.05) is 0 Å². The zero-order valence-electron chi connectivity index (χ0n) is 10.7. The molecule has 0 spiro atoms. The minimum absolute atomic E-state index is 0.592. The molecule has 0 radical (unpaired) electrons. The number of aryl methyl sites for hydroxylation is 1. The Morgan fingerprint density at radius 1 is 1.06 bits per heavy atom. The van der Waals surface area contributed by atoms with Crippen molar-refractivity contribution < 1.29 is 0 Å². The zero-order chi connectivity index (χ0) is 11.8. The first-order chi connectivity index (χ1) is 8.27. The van der Waals surface area contributed by atoms with Crippen molar-refractivity contribution >= 4 is 10.9 Å². The lowest BCUT2D eigenvalue weighted by molar-refractivity contribution is 0.658. The normalized spacial score (nSPS) is 15.2. The summed E-state index contributed by atoms with van der Waals surface area (Å²) in [5.41, 5.74) is 5.63. The maximum atomic E-state index is 4.86. The summed E-state index contributed by atoms with van der Waals surface area (Å²) in [7, 11) is 0. The molecule has 0 amide bonds. The van der Waals surface area contributed by atoms with E-state index in [1.54, 1.807) is 11.1 Å². The maximum Gasteiger partial charge on any atom is 0.0708 e. The molecular formula is C16H19N. The Balaban J connectivity index is 2.36. The van der Waals surface area contributed by atoms with Crippen molar-refractivity contribution in [1.82, 2.24) is 4.98 Å². The molecule has 17 heavy (non-hydrogen) atoms. The molecule has 0 saturated heterocycles.